The minimum Gasteiger partial charge on any atom is -0.504 e. The summed E-state index contributed by atoms with van der Waals surface area (Å²) < 4.78 is 5.99. The molecule has 2 N–H and O–H groups in total. The fourth-order valence-corrected chi connectivity index (χ4v) is 10.4. The number of rotatable bonds is 9. The van der Waals surface area contributed by atoms with E-state index in [0.717, 1.165) is 27.6 Å². The molecule has 3 fully saturated rings. The summed E-state index contributed by atoms with van der Waals surface area (Å²) in [6.07, 6.45) is 1.84. The van der Waals surface area contributed by atoms with Gasteiger partial charge in [-0.15, -0.1) is 0 Å². The fraction of sp³-hybridized carbons (Fsp3) is 0.286. The summed E-state index contributed by atoms with van der Waals surface area (Å²) in [5.74, 6) is -7.40. The molecule has 2 heterocycles. The molecular formula is C42H37IN6O10. The van der Waals surface area contributed by atoms with Gasteiger partial charge in [0.25, 0.3) is 11.8 Å². The number of nitrogens with one attached hydrogen (secondary N) is 1. The Kier molecular flexibility index (Phi) is 9.68. The standard InChI is InChI=1S/C42H37IN6O10/c1-21-10-12-24(13-11-21)44-47-39(52)29-20-28-26(35(22-16-30(43)37(50)33(17-22)59-4)42(29,41(47)54)23-8-6-5-7-9-23)14-15-27-34(28)40(53)46(38(27)51)25-18-31(48(55)56)36(45(2)3)32(19-25)49(57)58/h5-14,16-19,27-29,34-35,44,50H,15,20H2,1-4H3/t27-,28+,29-,34-,35-,42+/m0/s1. The normalized spacial score (nSPS) is 24.6. The minimum atomic E-state index is -1.59. The number of methoxy groups -OCH3 is 1. The number of amides is 4. The summed E-state index contributed by atoms with van der Waals surface area (Å²) in [5.41, 5.74) is 2.66. The van der Waals surface area contributed by atoms with Gasteiger partial charge in [0.15, 0.2) is 17.2 Å². The van der Waals surface area contributed by atoms with Gasteiger partial charge in [-0.2, -0.15) is 5.01 Å². The number of nitro groups is 2. The number of hydrogen-bond donors (Lipinski definition) is 2. The summed E-state index contributed by atoms with van der Waals surface area (Å²) in [6, 6.07) is 21.4. The smallest absolute Gasteiger partial charge is 0.301 e. The predicted octanol–water partition coefficient (Wildman–Crippen LogP) is 6.39. The molecule has 4 amide bonds. The number of imide groups is 2. The molecule has 4 aromatic rings. The number of aryl methyl sites for hydroxylation is 1. The number of nitro benzene ring substituents is 2. The number of phenols is 1. The number of benzene rings is 4. The lowest BCUT2D eigenvalue weighted by Crippen LogP contribution is -2.53. The Morgan fingerprint density at radius 2 is 1.54 bits per heavy atom. The van der Waals surface area contributed by atoms with Crippen LogP contribution in [-0.4, -0.2) is 64.8 Å². The molecule has 0 spiro atoms. The third-order valence-electron chi connectivity index (χ3n) is 12.2. The molecule has 302 valence electrons. The second-order valence-corrected chi connectivity index (χ2v) is 16.6. The van der Waals surface area contributed by atoms with E-state index in [1.54, 1.807) is 54.6 Å². The van der Waals surface area contributed by atoms with Crippen LogP contribution in [0, 0.1) is 54.4 Å². The number of ether oxygens (including phenoxy) is 1. The molecule has 4 aliphatic rings. The van der Waals surface area contributed by atoms with E-state index in [-0.39, 0.29) is 35.7 Å². The largest absolute Gasteiger partial charge is 0.504 e. The van der Waals surface area contributed by atoms with Crippen LogP contribution in [0.5, 0.6) is 11.5 Å². The highest BCUT2D eigenvalue weighted by Gasteiger charge is 2.70. The van der Waals surface area contributed by atoms with E-state index >= 15 is 4.79 Å². The summed E-state index contributed by atoms with van der Waals surface area (Å²) in [5, 5.41) is 36.5. The first-order valence-electron chi connectivity index (χ1n) is 18.7. The van der Waals surface area contributed by atoms with Crippen LogP contribution in [0.2, 0.25) is 0 Å². The molecule has 2 saturated heterocycles. The Morgan fingerprint density at radius 3 is 2.14 bits per heavy atom. The van der Waals surface area contributed by atoms with Gasteiger partial charge in [0, 0.05) is 32.1 Å². The van der Waals surface area contributed by atoms with E-state index in [0.29, 0.717) is 26.0 Å². The van der Waals surface area contributed by atoms with E-state index in [4.69, 9.17) is 4.74 Å². The van der Waals surface area contributed by atoms with Crippen LogP contribution in [0.3, 0.4) is 0 Å². The monoisotopic (exact) mass is 912 g/mol. The van der Waals surface area contributed by atoms with Crippen LogP contribution < -0.4 is 20.0 Å². The molecule has 4 aromatic carbocycles. The van der Waals surface area contributed by atoms with E-state index in [2.05, 4.69) is 5.43 Å². The Balaban J connectivity index is 1.32. The maximum atomic E-state index is 15.4. The molecule has 17 heteroatoms. The summed E-state index contributed by atoms with van der Waals surface area (Å²) >= 11 is 1.97. The molecule has 2 aliphatic carbocycles. The van der Waals surface area contributed by atoms with Crippen molar-refractivity contribution in [2.75, 3.05) is 36.4 Å². The average Bonchev–Trinajstić information content (AvgIpc) is 3.59. The topological polar surface area (TPSA) is 206 Å². The Labute approximate surface area is 350 Å². The van der Waals surface area contributed by atoms with E-state index in [1.807, 2.05) is 47.7 Å². The molecule has 16 nitrogen and oxygen atoms in total. The first-order chi connectivity index (χ1) is 28.1. The van der Waals surface area contributed by atoms with Gasteiger partial charge in [-0.25, -0.2) is 4.90 Å². The number of phenolic OH excluding ortho intramolecular Hbond substituents is 1. The third kappa shape index (κ3) is 5.91. The van der Waals surface area contributed by atoms with Gasteiger partial charge in [-0.3, -0.25) is 44.8 Å². The van der Waals surface area contributed by atoms with Crippen molar-refractivity contribution in [1.82, 2.24) is 5.01 Å². The van der Waals surface area contributed by atoms with Gasteiger partial charge in [-0.05, 0) is 83.7 Å². The molecule has 0 unspecified atom stereocenters. The lowest BCUT2D eigenvalue weighted by atomic mass is 9.49. The second kappa shape index (κ2) is 14.5. The zero-order valence-electron chi connectivity index (χ0n) is 32.1. The van der Waals surface area contributed by atoms with Gasteiger partial charge in [0.05, 0.1) is 55.1 Å². The highest BCUT2D eigenvalue weighted by molar-refractivity contribution is 14.1. The van der Waals surface area contributed by atoms with Crippen molar-refractivity contribution < 1.29 is 38.9 Å². The van der Waals surface area contributed by atoms with E-state index in [1.165, 1.54) is 26.1 Å². The van der Waals surface area contributed by atoms with E-state index in [9.17, 15) is 39.7 Å². The Morgan fingerprint density at radius 1 is 0.898 bits per heavy atom. The van der Waals surface area contributed by atoms with Crippen LogP contribution in [0.15, 0.2) is 90.5 Å². The van der Waals surface area contributed by atoms with Crippen molar-refractivity contribution in [1.29, 1.82) is 0 Å². The summed E-state index contributed by atoms with van der Waals surface area (Å²) in [6.45, 7) is 1.91. The van der Waals surface area contributed by atoms with Gasteiger partial charge in [0.2, 0.25) is 11.8 Å². The first kappa shape index (κ1) is 39.5. The molecule has 0 bridgehead atoms. The number of fused-ring (bicyclic) bond motifs is 4. The number of nitrogens with zero attached hydrogens (tertiary/aromatic N) is 5. The molecule has 8 rings (SSSR count). The zero-order valence-corrected chi connectivity index (χ0v) is 34.3. The number of anilines is 3. The number of hydrogen-bond acceptors (Lipinski definition) is 12. The van der Waals surface area contributed by atoms with Crippen LogP contribution in [-0.2, 0) is 24.6 Å². The second-order valence-electron chi connectivity index (χ2n) is 15.4. The highest BCUT2D eigenvalue weighted by atomic mass is 127. The Hall–Kier alpha value is -6.37. The van der Waals surface area contributed by atoms with Crippen molar-refractivity contribution in [3.05, 3.63) is 131 Å². The van der Waals surface area contributed by atoms with Crippen molar-refractivity contribution in [2.24, 2.45) is 23.7 Å². The van der Waals surface area contributed by atoms with Crippen molar-refractivity contribution in [3.8, 4) is 11.5 Å². The van der Waals surface area contributed by atoms with Crippen molar-refractivity contribution in [2.45, 2.75) is 31.1 Å². The quantitative estimate of drug-likeness (QED) is 0.0617. The Bertz CT molecular complexity index is 2490. The minimum absolute atomic E-state index is 0.0311. The summed E-state index contributed by atoms with van der Waals surface area (Å²) in [4.78, 5) is 84.6. The summed E-state index contributed by atoms with van der Waals surface area (Å²) in [7, 11) is 4.22. The van der Waals surface area contributed by atoms with Crippen molar-refractivity contribution >= 4 is 74.7 Å². The van der Waals surface area contributed by atoms with E-state index < -0.39 is 79.9 Å². The van der Waals surface area contributed by atoms with Gasteiger partial charge >= 0.3 is 11.4 Å². The third-order valence-corrected chi connectivity index (χ3v) is 13.0. The molecule has 59 heavy (non-hydrogen) atoms. The first-order valence-corrected chi connectivity index (χ1v) is 19.7. The maximum absolute atomic E-state index is 15.4. The van der Waals surface area contributed by atoms with Crippen LogP contribution in [0.25, 0.3) is 0 Å². The highest BCUT2D eigenvalue weighted by Crippen LogP contribution is 2.65. The molecule has 1 saturated carbocycles. The number of carbonyl (C=O) groups is 4. The van der Waals surface area contributed by atoms with Crippen LogP contribution in [0.1, 0.15) is 35.4 Å². The molecule has 0 aromatic heterocycles. The fourth-order valence-electron chi connectivity index (χ4n) is 9.75. The average molecular weight is 913 g/mol. The number of halogens is 1. The molecule has 0 radical (unpaired) electrons. The molecular weight excluding hydrogens is 875 g/mol. The lowest BCUT2D eigenvalue weighted by Gasteiger charge is -2.50. The maximum Gasteiger partial charge on any atom is 0.301 e. The van der Waals surface area contributed by atoms with Crippen molar-refractivity contribution in [3.63, 3.8) is 0 Å². The number of carbonyl (C=O) groups excluding carboxylic acids is 4. The predicted molar refractivity (Wildman–Crippen MR) is 223 cm³/mol. The van der Waals surface area contributed by atoms with Gasteiger partial charge < -0.3 is 14.7 Å². The zero-order chi connectivity index (χ0) is 42.2. The van der Waals surface area contributed by atoms with Crippen LogP contribution in [0.4, 0.5) is 28.4 Å². The molecule has 6 atom stereocenters. The van der Waals surface area contributed by atoms with Gasteiger partial charge in [0.1, 0.15) is 0 Å². The van der Waals surface area contributed by atoms with Crippen LogP contribution >= 0.6 is 22.6 Å². The molecule has 2 aliphatic heterocycles. The number of hydrazine groups is 1. The SMILES string of the molecule is COc1cc([C@H]2C3=CC[C@@H]4C(=O)N(c5cc([N+](=O)[O-])c(N(C)C)c([N+](=O)[O-])c5)C(=O)[C@@H]4[C@@H]3C[C@H]3C(=O)N(Nc4ccc(C)cc4)C(=O)[C@@]23c2ccccc2)cc(I)c1O. The lowest BCUT2D eigenvalue weighted by molar-refractivity contribution is -0.392. The number of allylic oxidation sites excluding steroid dienone is 2. The van der Waals surface area contributed by atoms with Gasteiger partial charge in [-0.1, -0.05) is 59.7 Å². The number of aromatic hydroxyl groups is 1.